The Hall–Kier alpha value is -3.88. The lowest BCUT2D eigenvalue weighted by molar-refractivity contribution is -0.141. The van der Waals surface area contributed by atoms with Crippen molar-refractivity contribution < 1.29 is 33.4 Å². The molecule has 1 atom stereocenters. The summed E-state index contributed by atoms with van der Waals surface area (Å²) in [4.78, 5) is 48.1. The van der Waals surface area contributed by atoms with Crippen LogP contribution in [0.3, 0.4) is 0 Å². The number of carbonyl (C=O) groups excluding carboxylic acids is 4. The van der Waals surface area contributed by atoms with Crippen molar-refractivity contribution in [2.24, 2.45) is 0 Å². The van der Waals surface area contributed by atoms with Crippen LogP contribution in [-0.2, 0) is 14.3 Å². The summed E-state index contributed by atoms with van der Waals surface area (Å²) in [7, 11) is 0. The molecule has 0 bridgehead atoms. The quantitative estimate of drug-likeness (QED) is 0.549. The number of esters is 1. The predicted octanol–water partition coefficient (Wildman–Crippen LogP) is 1.63. The highest BCUT2D eigenvalue weighted by atomic mass is 16.7. The standard InChI is InChI=1S/C21H18N2O7/c1-11-14-6-12(2-4-15(14)23-20(11)26)16(24)9-28-19(25)8-22-21(27)13-3-5-17-18(7-13)30-10-29-17/h2-7,11H,8-10H2,1H3,(H,22,27)(H,23,26)/t11-/m1/s1. The van der Waals surface area contributed by atoms with Crippen molar-refractivity contribution in [3.8, 4) is 11.5 Å². The topological polar surface area (TPSA) is 120 Å². The first kappa shape index (κ1) is 19.4. The zero-order valence-corrected chi connectivity index (χ0v) is 16.0. The molecule has 9 heteroatoms. The first-order valence-electron chi connectivity index (χ1n) is 9.24. The average Bonchev–Trinajstić information content (AvgIpc) is 3.33. The van der Waals surface area contributed by atoms with Crippen LogP contribution < -0.4 is 20.1 Å². The number of hydrogen-bond acceptors (Lipinski definition) is 7. The maximum atomic E-state index is 12.3. The number of anilines is 1. The Bertz CT molecular complexity index is 1060. The molecule has 30 heavy (non-hydrogen) atoms. The van der Waals surface area contributed by atoms with Crippen LogP contribution >= 0.6 is 0 Å². The number of hydrogen-bond donors (Lipinski definition) is 2. The Kier molecular flexibility index (Phi) is 5.09. The Morgan fingerprint density at radius 3 is 2.70 bits per heavy atom. The van der Waals surface area contributed by atoms with Crippen molar-refractivity contribution in [2.45, 2.75) is 12.8 Å². The molecule has 0 aliphatic carbocycles. The van der Waals surface area contributed by atoms with Crippen LogP contribution in [0.1, 0.15) is 39.1 Å². The smallest absolute Gasteiger partial charge is 0.325 e. The number of benzene rings is 2. The molecule has 9 nitrogen and oxygen atoms in total. The van der Waals surface area contributed by atoms with Gasteiger partial charge in [0.25, 0.3) is 5.91 Å². The Balaban J connectivity index is 1.27. The molecule has 0 saturated heterocycles. The van der Waals surface area contributed by atoms with E-state index in [9.17, 15) is 19.2 Å². The molecule has 2 aliphatic heterocycles. The second kappa shape index (κ2) is 7.86. The molecule has 154 valence electrons. The molecule has 0 saturated carbocycles. The molecule has 0 radical (unpaired) electrons. The SMILES string of the molecule is C[C@H]1C(=O)Nc2ccc(C(=O)COC(=O)CNC(=O)c3ccc4c(c3)OCO4)cc21. The lowest BCUT2D eigenvalue weighted by Gasteiger charge is -2.08. The average molecular weight is 410 g/mol. The molecular formula is C21H18N2O7. The molecule has 0 unspecified atom stereocenters. The summed E-state index contributed by atoms with van der Waals surface area (Å²) in [5, 5.41) is 5.16. The number of carbonyl (C=O) groups is 4. The number of ketones is 1. The number of amides is 2. The van der Waals surface area contributed by atoms with E-state index in [0.29, 0.717) is 28.3 Å². The first-order chi connectivity index (χ1) is 14.4. The van der Waals surface area contributed by atoms with E-state index in [1.807, 2.05) is 0 Å². The van der Waals surface area contributed by atoms with Crippen molar-refractivity contribution in [3.63, 3.8) is 0 Å². The van der Waals surface area contributed by atoms with E-state index < -0.39 is 24.3 Å². The van der Waals surface area contributed by atoms with Crippen molar-refractivity contribution in [2.75, 3.05) is 25.3 Å². The molecule has 2 aromatic rings. The fourth-order valence-corrected chi connectivity index (χ4v) is 3.16. The minimum atomic E-state index is -0.746. The third-order valence-corrected chi connectivity index (χ3v) is 4.88. The predicted molar refractivity (Wildman–Crippen MR) is 104 cm³/mol. The molecule has 2 heterocycles. The van der Waals surface area contributed by atoms with Gasteiger partial charge in [-0.1, -0.05) is 0 Å². The second-order valence-corrected chi connectivity index (χ2v) is 6.85. The van der Waals surface area contributed by atoms with E-state index in [4.69, 9.17) is 14.2 Å². The Morgan fingerprint density at radius 2 is 1.87 bits per heavy atom. The van der Waals surface area contributed by atoms with Crippen LogP contribution in [0.2, 0.25) is 0 Å². The van der Waals surface area contributed by atoms with Crippen LogP contribution in [-0.4, -0.2) is 43.5 Å². The van der Waals surface area contributed by atoms with Gasteiger partial charge in [-0.3, -0.25) is 19.2 Å². The molecular weight excluding hydrogens is 392 g/mol. The van der Waals surface area contributed by atoms with Gasteiger partial charge >= 0.3 is 5.97 Å². The Morgan fingerprint density at radius 1 is 1.10 bits per heavy atom. The van der Waals surface area contributed by atoms with Gasteiger partial charge in [0.2, 0.25) is 12.7 Å². The number of fused-ring (bicyclic) bond motifs is 2. The van der Waals surface area contributed by atoms with E-state index in [2.05, 4.69) is 10.6 Å². The van der Waals surface area contributed by atoms with Crippen molar-refractivity contribution >= 4 is 29.3 Å². The van der Waals surface area contributed by atoms with Crippen molar-refractivity contribution in [1.29, 1.82) is 0 Å². The van der Waals surface area contributed by atoms with Gasteiger partial charge in [-0.25, -0.2) is 0 Å². The van der Waals surface area contributed by atoms with E-state index in [1.54, 1.807) is 37.3 Å². The summed E-state index contributed by atoms with van der Waals surface area (Å²) in [6.07, 6.45) is 0. The zero-order chi connectivity index (χ0) is 21.3. The van der Waals surface area contributed by atoms with Gasteiger partial charge in [-0.15, -0.1) is 0 Å². The lowest BCUT2D eigenvalue weighted by Crippen LogP contribution is -2.31. The molecule has 4 rings (SSSR count). The molecule has 2 aromatic carbocycles. The number of nitrogens with one attached hydrogen (secondary N) is 2. The Labute approximate surface area is 171 Å². The number of Topliss-reactive ketones (excluding diaryl/α,β-unsaturated/α-hetero) is 1. The van der Waals surface area contributed by atoms with E-state index in [0.717, 1.165) is 5.56 Å². The van der Waals surface area contributed by atoms with Crippen LogP contribution in [0.15, 0.2) is 36.4 Å². The third kappa shape index (κ3) is 3.82. The van der Waals surface area contributed by atoms with Crippen molar-refractivity contribution in [3.05, 3.63) is 53.1 Å². The number of ether oxygens (including phenoxy) is 3. The zero-order valence-electron chi connectivity index (χ0n) is 16.0. The summed E-state index contributed by atoms with van der Waals surface area (Å²) in [6, 6.07) is 9.50. The number of rotatable bonds is 6. The highest BCUT2D eigenvalue weighted by Gasteiger charge is 2.27. The van der Waals surface area contributed by atoms with Crippen molar-refractivity contribution in [1.82, 2.24) is 5.32 Å². The minimum Gasteiger partial charge on any atom is -0.456 e. The molecule has 2 amide bonds. The van der Waals surface area contributed by atoms with Gasteiger partial charge < -0.3 is 24.8 Å². The molecule has 0 fully saturated rings. The fourth-order valence-electron chi connectivity index (χ4n) is 3.16. The van der Waals surface area contributed by atoms with Gasteiger partial charge in [0.05, 0.1) is 5.92 Å². The lowest BCUT2D eigenvalue weighted by atomic mass is 9.99. The largest absolute Gasteiger partial charge is 0.456 e. The summed E-state index contributed by atoms with van der Waals surface area (Å²) in [6.45, 7) is 0.989. The van der Waals surface area contributed by atoms with Gasteiger partial charge in [-0.2, -0.15) is 0 Å². The van der Waals surface area contributed by atoms with Gasteiger partial charge in [-0.05, 0) is 48.9 Å². The summed E-state index contributed by atoms with van der Waals surface area (Å²) in [5.74, 6) is -1.10. The van der Waals surface area contributed by atoms with Crippen LogP contribution in [0, 0.1) is 0 Å². The van der Waals surface area contributed by atoms with Crippen LogP contribution in [0.4, 0.5) is 5.69 Å². The van der Waals surface area contributed by atoms with E-state index in [-0.39, 0.29) is 25.2 Å². The minimum absolute atomic E-state index is 0.0940. The van der Waals surface area contributed by atoms with E-state index in [1.165, 1.54) is 6.07 Å². The van der Waals surface area contributed by atoms with Crippen LogP contribution in [0.25, 0.3) is 0 Å². The first-order valence-corrected chi connectivity index (χ1v) is 9.24. The second-order valence-electron chi connectivity index (χ2n) is 6.85. The van der Waals surface area contributed by atoms with E-state index >= 15 is 0 Å². The maximum Gasteiger partial charge on any atom is 0.325 e. The van der Waals surface area contributed by atoms with Gasteiger partial charge in [0.1, 0.15) is 6.54 Å². The summed E-state index contributed by atoms with van der Waals surface area (Å²) < 4.78 is 15.3. The highest BCUT2D eigenvalue weighted by Crippen LogP contribution is 2.33. The molecule has 2 aliphatic rings. The summed E-state index contributed by atoms with van der Waals surface area (Å²) >= 11 is 0. The maximum absolute atomic E-state index is 12.3. The highest BCUT2D eigenvalue weighted by molar-refractivity contribution is 6.05. The van der Waals surface area contributed by atoms with Gasteiger partial charge in [0, 0.05) is 16.8 Å². The van der Waals surface area contributed by atoms with Gasteiger partial charge in [0.15, 0.2) is 23.9 Å². The normalized spacial score (nSPS) is 15.9. The third-order valence-electron chi connectivity index (χ3n) is 4.88. The summed E-state index contributed by atoms with van der Waals surface area (Å²) in [5.41, 5.74) is 2.05. The monoisotopic (exact) mass is 410 g/mol. The molecule has 0 aromatic heterocycles. The fraction of sp³-hybridized carbons (Fsp3) is 0.238. The molecule has 0 spiro atoms. The molecule has 2 N–H and O–H groups in total. The van der Waals surface area contributed by atoms with Crippen LogP contribution in [0.5, 0.6) is 11.5 Å².